The average Bonchev–Trinajstić information content (AvgIpc) is 3.12. The molecule has 0 saturated carbocycles. The number of likely N-dealkylation sites (tertiary alicyclic amines) is 1. The molecule has 7 heteroatoms. The first-order valence-electron chi connectivity index (χ1n) is 8.28. The molecule has 2 aromatic rings. The van der Waals surface area contributed by atoms with Gasteiger partial charge in [0.1, 0.15) is 6.61 Å². The van der Waals surface area contributed by atoms with E-state index in [1.165, 1.54) is 5.56 Å². The van der Waals surface area contributed by atoms with Gasteiger partial charge in [0, 0.05) is 38.3 Å². The standard InChI is InChI=1S/C16H25N5O2/c1-4-15-17-16(23-19-15)11-22-14-6-5-7-21(10-14)9-13-8-20(3)18-12(13)2/h8,14H,4-7,9-11H2,1-3H3. The van der Waals surface area contributed by atoms with E-state index >= 15 is 0 Å². The van der Waals surface area contributed by atoms with Crippen LogP contribution in [0.3, 0.4) is 0 Å². The minimum Gasteiger partial charge on any atom is -0.367 e. The van der Waals surface area contributed by atoms with Gasteiger partial charge in [0.15, 0.2) is 5.82 Å². The zero-order valence-electron chi connectivity index (χ0n) is 14.2. The predicted octanol–water partition coefficient (Wildman–Crippen LogP) is 1.86. The van der Waals surface area contributed by atoms with Crippen molar-refractivity contribution in [3.63, 3.8) is 0 Å². The van der Waals surface area contributed by atoms with E-state index in [2.05, 4.69) is 33.3 Å². The lowest BCUT2D eigenvalue weighted by Gasteiger charge is -2.32. The second-order valence-corrected chi connectivity index (χ2v) is 6.18. The quantitative estimate of drug-likeness (QED) is 0.809. The second kappa shape index (κ2) is 7.23. The first kappa shape index (κ1) is 16.1. The number of aromatic nitrogens is 4. The highest BCUT2D eigenvalue weighted by atomic mass is 16.5. The summed E-state index contributed by atoms with van der Waals surface area (Å²) < 4.78 is 13.0. The number of nitrogens with zero attached hydrogens (tertiary/aromatic N) is 5. The topological polar surface area (TPSA) is 69.2 Å². The molecule has 1 aliphatic heterocycles. The van der Waals surface area contributed by atoms with Crippen LogP contribution in [0.15, 0.2) is 10.7 Å². The van der Waals surface area contributed by atoms with Crippen LogP contribution in [0.5, 0.6) is 0 Å². The fourth-order valence-electron chi connectivity index (χ4n) is 3.02. The molecule has 23 heavy (non-hydrogen) atoms. The lowest BCUT2D eigenvalue weighted by Crippen LogP contribution is -2.39. The average molecular weight is 319 g/mol. The van der Waals surface area contributed by atoms with Gasteiger partial charge in [-0.05, 0) is 26.3 Å². The van der Waals surface area contributed by atoms with Crippen LogP contribution < -0.4 is 0 Å². The van der Waals surface area contributed by atoms with Crippen LogP contribution in [0.1, 0.15) is 42.7 Å². The lowest BCUT2D eigenvalue weighted by atomic mass is 10.1. The van der Waals surface area contributed by atoms with Crippen molar-refractivity contribution in [3.8, 4) is 0 Å². The number of piperidine rings is 1. The normalized spacial score (nSPS) is 19.3. The third-order valence-electron chi connectivity index (χ3n) is 4.24. The monoisotopic (exact) mass is 319 g/mol. The molecule has 1 fully saturated rings. The molecular weight excluding hydrogens is 294 g/mol. The highest BCUT2D eigenvalue weighted by molar-refractivity contribution is 5.15. The van der Waals surface area contributed by atoms with Gasteiger partial charge in [-0.1, -0.05) is 12.1 Å². The summed E-state index contributed by atoms with van der Waals surface area (Å²) in [7, 11) is 1.97. The van der Waals surface area contributed by atoms with Gasteiger partial charge in [-0.2, -0.15) is 10.1 Å². The first-order valence-corrected chi connectivity index (χ1v) is 8.28. The highest BCUT2D eigenvalue weighted by Crippen LogP contribution is 2.18. The van der Waals surface area contributed by atoms with Gasteiger partial charge in [-0.3, -0.25) is 9.58 Å². The van der Waals surface area contributed by atoms with E-state index in [0.717, 1.165) is 50.4 Å². The number of hydrogen-bond acceptors (Lipinski definition) is 6. The van der Waals surface area contributed by atoms with E-state index < -0.39 is 0 Å². The summed E-state index contributed by atoms with van der Waals surface area (Å²) in [6.45, 7) is 7.44. The third-order valence-corrected chi connectivity index (χ3v) is 4.24. The van der Waals surface area contributed by atoms with Crippen LogP contribution in [0.4, 0.5) is 0 Å². The van der Waals surface area contributed by atoms with E-state index in [1.54, 1.807) is 0 Å². The Morgan fingerprint density at radius 1 is 1.43 bits per heavy atom. The van der Waals surface area contributed by atoms with Crippen molar-refractivity contribution >= 4 is 0 Å². The van der Waals surface area contributed by atoms with Gasteiger partial charge in [-0.25, -0.2) is 0 Å². The Morgan fingerprint density at radius 3 is 3.00 bits per heavy atom. The maximum absolute atomic E-state index is 5.97. The predicted molar refractivity (Wildman–Crippen MR) is 84.7 cm³/mol. The third kappa shape index (κ3) is 4.17. The molecule has 0 radical (unpaired) electrons. The Hall–Kier alpha value is -1.73. The van der Waals surface area contributed by atoms with Gasteiger partial charge in [-0.15, -0.1) is 0 Å². The maximum atomic E-state index is 5.97. The van der Waals surface area contributed by atoms with Crippen molar-refractivity contribution in [3.05, 3.63) is 29.2 Å². The summed E-state index contributed by atoms with van der Waals surface area (Å²) in [5.41, 5.74) is 2.39. The van der Waals surface area contributed by atoms with E-state index in [4.69, 9.17) is 9.26 Å². The summed E-state index contributed by atoms with van der Waals surface area (Å²) in [6, 6.07) is 0. The van der Waals surface area contributed by atoms with Gasteiger partial charge < -0.3 is 9.26 Å². The Balaban J connectivity index is 1.50. The van der Waals surface area contributed by atoms with Gasteiger partial charge >= 0.3 is 0 Å². The van der Waals surface area contributed by atoms with Crippen LogP contribution in [-0.2, 0) is 31.4 Å². The molecule has 3 heterocycles. The summed E-state index contributed by atoms with van der Waals surface area (Å²) in [5, 5.41) is 8.31. The minimum absolute atomic E-state index is 0.220. The van der Waals surface area contributed by atoms with E-state index in [-0.39, 0.29) is 6.10 Å². The zero-order chi connectivity index (χ0) is 16.2. The zero-order valence-corrected chi connectivity index (χ0v) is 14.2. The fourth-order valence-corrected chi connectivity index (χ4v) is 3.02. The molecule has 0 amide bonds. The van der Waals surface area contributed by atoms with E-state index in [9.17, 15) is 0 Å². The molecule has 0 N–H and O–H groups in total. The molecule has 126 valence electrons. The van der Waals surface area contributed by atoms with Crippen LogP contribution >= 0.6 is 0 Å². The molecule has 2 aromatic heterocycles. The van der Waals surface area contributed by atoms with Gasteiger partial charge in [0.05, 0.1) is 11.8 Å². The number of aryl methyl sites for hydroxylation is 3. The molecule has 1 unspecified atom stereocenters. The molecule has 0 aromatic carbocycles. The van der Waals surface area contributed by atoms with Crippen molar-refractivity contribution in [2.45, 2.75) is 52.4 Å². The number of rotatable bonds is 6. The lowest BCUT2D eigenvalue weighted by molar-refractivity contribution is -0.0211. The summed E-state index contributed by atoms with van der Waals surface area (Å²) >= 11 is 0. The van der Waals surface area contributed by atoms with Gasteiger partial charge in [0.25, 0.3) is 5.89 Å². The molecule has 1 saturated heterocycles. The Morgan fingerprint density at radius 2 is 2.30 bits per heavy atom. The van der Waals surface area contributed by atoms with Crippen molar-refractivity contribution in [2.24, 2.45) is 7.05 Å². The molecule has 3 rings (SSSR count). The smallest absolute Gasteiger partial charge is 0.252 e. The van der Waals surface area contributed by atoms with Gasteiger partial charge in [0.2, 0.25) is 0 Å². The van der Waals surface area contributed by atoms with Crippen LogP contribution in [-0.4, -0.2) is 44.0 Å². The van der Waals surface area contributed by atoms with Crippen molar-refractivity contribution < 1.29 is 9.26 Å². The molecular formula is C16H25N5O2. The second-order valence-electron chi connectivity index (χ2n) is 6.18. The molecule has 0 aliphatic carbocycles. The molecule has 0 bridgehead atoms. The first-order chi connectivity index (χ1) is 11.1. The fraction of sp³-hybridized carbons (Fsp3) is 0.688. The minimum atomic E-state index is 0.220. The van der Waals surface area contributed by atoms with Crippen molar-refractivity contribution in [1.82, 2.24) is 24.8 Å². The molecule has 1 atom stereocenters. The molecule has 1 aliphatic rings. The number of ether oxygens (including phenoxy) is 1. The van der Waals surface area contributed by atoms with E-state index in [1.807, 2.05) is 18.7 Å². The van der Waals surface area contributed by atoms with Crippen LogP contribution in [0, 0.1) is 6.92 Å². The SMILES string of the molecule is CCc1noc(COC2CCCN(Cc3cn(C)nc3C)C2)n1. The van der Waals surface area contributed by atoms with Crippen LogP contribution in [0.25, 0.3) is 0 Å². The maximum Gasteiger partial charge on any atom is 0.252 e. The Kier molecular flexibility index (Phi) is 5.07. The Bertz CT molecular complexity index is 636. The van der Waals surface area contributed by atoms with Crippen molar-refractivity contribution in [1.29, 1.82) is 0 Å². The summed E-state index contributed by atoms with van der Waals surface area (Å²) in [6.07, 6.45) is 5.33. The molecule has 7 nitrogen and oxygen atoms in total. The molecule has 0 spiro atoms. The summed E-state index contributed by atoms with van der Waals surface area (Å²) in [4.78, 5) is 6.72. The summed E-state index contributed by atoms with van der Waals surface area (Å²) in [5.74, 6) is 1.31. The van der Waals surface area contributed by atoms with Crippen LogP contribution in [0.2, 0.25) is 0 Å². The van der Waals surface area contributed by atoms with E-state index in [0.29, 0.717) is 12.5 Å². The highest BCUT2D eigenvalue weighted by Gasteiger charge is 2.22. The number of hydrogen-bond donors (Lipinski definition) is 0. The largest absolute Gasteiger partial charge is 0.367 e. The van der Waals surface area contributed by atoms with Crippen molar-refractivity contribution in [2.75, 3.05) is 13.1 Å². The Labute approximate surface area is 136 Å².